The molecule has 2 heterocycles. The predicted molar refractivity (Wildman–Crippen MR) is 83.0 cm³/mol. The summed E-state index contributed by atoms with van der Waals surface area (Å²) >= 11 is 0. The van der Waals surface area contributed by atoms with Gasteiger partial charge in [0.25, 0.3) is 0 Å². The molecule has 0 spiro atoms. The van der Waals surface area contributed by atoms with E-state index in [2.05, 4.69) is 53.1 Å². The van der Waals surface area contributed by atoms with Crippen LogP contribution >= 0.6 is 0 Å². The third-order valence-electron chi connectivity index (χ3n) is 3.46. The van der Waals surface area contributed by atoms with Gasteiger partial charge in [-0.05, 0) is 32.9 Å². The van der Waals surface area contributed by atoms with Gasteiger partial charge >= 0.3 is 0 Å². The summed E-state index contributed by atoms with van der Waals surface area (Å²) in [5.41, 5.74) is 1.01. The highest BCUT2D eigenvalue weighted by molar-refractivity contribution is 5.49. The molecule has 0 saturated heterocycles. The molecule has 2 rings (SSSR count). The summed E-state index contributed by atoms with van der Waals surface area (Å²) in [6, 6.07) is 4.27. The van der Waals surface area contributed by atoms with Gasteiger partial charge in [-0.15, -0.1) is 0 Å². The Labute approximate surface area is 120 Å². The maximum Gasteiger partial charge on any atom is 0.130 e. The number of aryl methyl sites for hydroxylation is 1. The van der Waals surface area contributed by atoms with Crippen molar-refractivity contribution in [3.63, 3.8) is 0 Å². The lowest BCUT2D eigenvalue weighted by atomic mass is 10.3. The molecule has 0 aliphatic rings. The quantitative estimate of drug-likeness (QED) is 0.879. The molecule has 0 aromatic carbocycles. The van der Waals surface area contributed by atoms with Gasteiger partial charge in [-0.25, -0.2) is 9.97 Å². The molecule has 1 unspecified atom stereocenters. The van der Waals surface area contributed by atoms with Crippen molar-refractivity contribution in [2.24, 2.45) is 7.05 Å². The number of hydrogen-bond donors (Lipinski definition) is 1. The second kappa shape index (κ2) is 6.41. The van der Waals surface area contributed by atoms with Crippen molar-refractivity contribution in [1.29, 1.82) is 0 Å². The van der Waals surface area contributed by atoms with E-state index in [1.54, 1.807) is 0 Å². The van der Waals surface area contributed by atoms with E-state index in [1.807, 2.05) is 30.2 Å². The molecule has 0 saturated carbocycles. The van der Waals surface area contributed by atoms with E-state index in [-0.39, 0.29) is 6.04 Å². The molecule has 0 fully saturated rings. The minimum atomic E-state index is 0.149. The van der Waals surface area contributed by atoms with E-state index in [1.165, 1.54) is 0 Å². The molecular weight excluding hydrogens is 250 g/mol. The number of hydrogen-bond acceptors (Lipinski definition) is 4. The number of rotatable bonds is 6. The first-order valence-electron chi connectivity index (χ1n) is 7.10. The van der Waals surface area contributed by atoms with Crippen LogP contribution < -0.4 is 10.2 Å². The first-order valence-corrected chi connectivity index (χ1v) is 7.10. The second-order valence-corrected chi connectivity index (χ2v) is 4.84. The second-order valence-electron chi connectivity index (χ2n) is 4.84. The van der Waals surface area contributed by atoms with Crippen LogP contribution in [0.4, 0.5) is 11.5 Å². The van der Waals surface area contributed by atoms with Gasteiger partial charge in [0, 0.05) is 32.5 Å². The van der Waals surface area contributed by atoms with E-state index >= 15 is 0 Å². The van der Waals surface area contributed by atoms with Crippen LogP contribution in [0.2, 0.25) is 0 Å². The molecule has 1 N–H and O–H groups in total. The third-order valence-corrected chi connectivity index (χ3v) is 3.46. The van der Waals surface area contributed by atoms with Crippen LogP contribution in [0.3, 0.4) is 0 Å². The molecule has 0 aliphatic carbocycles. The summed E-state index contributed by atoms with van der Waals surface area (Å²) in [5.74, 6) is 2.03. The Kier molecular flexibility index (Phi) is 4.61. The lowest BCUT2D eigenvalue weighted by Gasteiger charge is -2.20. The first-order chi connectivity index (χ1) is 9.65. The van der Waals surface area contributed by atoms with Gasteiger partial charge in [0.1, 0.15) is 11.6 Å². The topological polar surface area (TPSA) is 46.0 Å². The van der Waals surface area contributed by atoms with Gasteiger partial charge in [0.15, 0.2) is 0 Å². The number of nitrogens with one attached hydrogen (secondary N) is 1. The van der Waals surface area contributed by atoms with Crippen LogP contribution in [0.1, 0.15) is 32.6 Å². The fourth-order valence-corrected chi connectivity index (χ4v) is 2.32. The smallest absolute Gasteiger partial charge is 0.130 e. The lowest BCUT2D eigenvalue weighted by Crippen LogP contribution is -2.22. The van der Waals surface area contributed by atoms with Gasteiger partial charge in [-0.3, -0.25) is 0 Å². The van der Waals surface area contributed by atoms with Crippen LogP contribution in [-0.4, -0.2) is 27.6 Å². The maximum atomic E-state index is 4.51. The zero-order valence-corrected chi connectivity index (χ0v) is 12.7. The molecule has 0 radical (unpaired) electrons. The minimum absolute atomic E-state index is 0.149. The molecule has 0 aliphatic heterocycles. The van der Waals surface area contributed by atoms with Crippen molar-refractivity contribution < 1.29 is 0 Å². The fraction of sp³-hybridized carbons (Fsp3) is 0.467. The van der Waals surface area contributed by atoms with Gasteiger partial charge in [-0.2, -0.15) is 0 Å². The van der Waals surface area contributed by atoms with Crippen LogP contribution in [0.5, 0.6) is 0 Å². The van der Waals surface area contributed by atoms with Crippen molar-refractivity contribution >= 4 is 11.5 Å². The lowest BCUT2D eigenvalue weighted by molar-refractivity contribution is 0.721. The first kappa shape index (κ1) is 14.4. The number of pyridine rings is 1. The number of anilines is 2. The molecule has 0 bridgehead atoms. The monoisotopic (exact) mass is 273 g/mol. The maximum absolute atomic E-state index is 4.51. The van der Waals surface area contributed by atoms with Crippen LogP contribution in [0.15, 0.2) is 30.7 Å². The van der Waals surface area contributed by atoms with Gasteiger partial charge in [0.05, 0.1) is 17.9 Å². The molecule has 0 amide bonds. The zero-order chi connectivity index (χ0) is 14.5. The molecular formula is C15H23N5. The number of aromatic nitrogens is 3. The van der Waals surface area contributed by atoms with Crippen molar-refractivity contribution in [3.8, 4) is 0 Å². The van der Waals surface area contributed by atoms with E-state index in [0.717, 1.165) is 30.4 Å². The van der Waals surface area contributed by atoms with Gasteiger partial charge < -0.3 is 14.8 Å². The highest BCUT2D eigenvalue weighted by Crippen LogP contribution is 2.19. The molecule has 108 valence electrons. The van der Waals surface area contributed by atoms with Gasteiger partial charge in [-0.1, -0.05) is 0 Å². The summed E-state index contributed by atoms with van der Waals surface area (Å²) in [5, 5.41) is 3.42. The van der Waals surface area contributed by atoms with E-state index in [9.17, 15) is 0 Å². The Bertz CT molecular complexity index is 527. The summed E-state index contributed by atoms with van der Waals surface area (Å²) in [6.07, 6.45) is 5.65. The molecule has 5 nitrogen and oxygen atoms in total. The molecule has 20 heavy (non-hydrogen) atoms. The van der Waals surface area contributed by atoms with Crippen molar-refractivity contribution in [2.75, 3.05) is 23.3 Å². The number of nitrogens with zero attached hydrogens (tertiary/aromatic N) is 4. The minimum Gasteiger partial charge on any atom is -0.374 e. The summed E-state index contributed by atoms with van der Waals surface area (Å²) in [4.78, 5) is 11.1. The molecule has 2 aromatic rings. The Morgan fingerprint density at radius 1 is 1.25 bits per heavy atom. The van der Waals surface area contributed by atoms with E-state index in [0.29, 0.717) is 0 Å². The van der Waals surface area contributed by atoms with Crippen LogP contribution in [0.25, 0.3) is 0 Å². The van der Waals surface area contributed by atoms with E-state index < -0.39 is 0 Å². The van der Waals surface area contributed by atoms with Crippen LogP contribution in [0, 0.1) is 0 Å². The molecule has 2 aromatic heterocycles. The van der Waals surface area contributed by atoms with Crippen molar-refractivity contribution in [3.05, 3.63) is 36.5 Å². The molecule has 1 atom stereocenters. The predicted octanol–water partition coefficient (Wildman–Crippen LogP) is 2.83. The fourth-order valence-electron chi connectivity index (χ4n) is 2.32. The highest BCUT2D eigenvalue weighted by atomic mass is 15.2. The number of imidazole rings is 1. The van der Waals surface area contributed by atoms with E-state index in [4.69, 9.17) is 0 Å². The Balaban J connectivity index is 2.06. The normalized spacial score (nSPS) is 12.2. The Morgan fingerprint density at radius 2 is 2.00 bits per heavy atom. The van der Waals surface area contributed by atoms with Crippen LogP contribution in [-0.2, 0) is 7.05 Å². The SMILES string of the molecule is CCN(CC)c1ccc(NC(C)c2nccn2C)cn1. The average molecular weight is 273 g/mol. The molecule has 5 heteroatoms. The van der Waals surface area contributed by atoms with Crippen molar-refractivity contribution in [1.82, 2.24) is 14.5 Å². The summed E-state index contributed by atoms with van der Waals surface area (Å²) in [7, 11) is 2.00. The average Bonchev–Trinajstić information content (AvgIpc) is 2.88. The standard InChI is InChI=1S/C15H23N5/c1-5-20(6-2)14-8-7-13(11-17-14)18-12(3)15-16-9-10-19(15)4/h7-12,18H,5-6H2,1-4H3. The third kappa shape index (κ3) is 3.10. The largest absolute Gasteiger partial charge is 0.374 e. The highest BCUT2D eigenvalue weighted by Gasteiger charge is 2.10. The van der Waals surface area contributed by atoms with Crippen molar-refractivity contribution in [2.45, 2.75) is 26.8 Å². The Hall–Kier alpha value is -2.04. The van der Waals surface area contributed by atoms with Gasteiger partial charge in [0.2, 0.25) is 0 Å². The summed E-state index contributed by atoms with van der Waals surface area (Å²) < 4.78 is 2.02. The Morgan fingerprint density at radius 3 is 2.50 bits per heavy atom. The summed E-state index contributed by atoms with van der Waals surface area (Å²) in [6.45, 7) is 8.32. The zero-order valence-electron chi connectivity index (χ0n) is 12.7.